The van der Waals surface area contributed by atoms with Crippen molar-refractivity contribution in [3.05, 3.63) is 88.1 Å². The third-order valence-corrected chi connectivity index (χ3v) is 7.33. The molecule has 0 fully saturated rings. The molecular weight excluding hydrogens is 400 g/mol. The smallest absolute Gasteiger partial charge is 0.254 e. The summed E-state index contributed by atoms with van der Waals surface area (Å²) >= 11 is 0. The highest BCUT2D eigenvalue weighted by Gasteiger charge is 2.28. The van der Waals surface area contributed by atoms with E-state index in [9.17, 15) is 18.0 Å². The number of H-pyrrole nitrogens is 1. The van der Waals surface area contributed by atoms with Gasteiger partial charge in [-0.2, -0.15) is 0 Å². The second-order valence-electron chi connectivity index (χ2n) is 7.41. The number of pyridine rings is 1. The van der Waals surface area contributed by atoms with E-state index in [2.05, 4.69) is 4.98 Å². The Kier molecular flexibility index (Phi) is 4.22. The van der Waals surface area contributed by atoms with Crippen LogP contribution in [0.2, 0.25) is 0 Å². The number of para-hydroxylation sites is 1. The topological polar surface area (TPSA) is 87.3 Å². The monoisotopic (exact) mass is 418 g/mol. The molecule has 0 aliphatic carbocycles. The predicted molar refractivity (Wildman–Crippen MR) is 115 cm³/mol. The van der Waals surface area contributed by atoms with E-state index >= 15 is 0 Å². The van der Waals surface area contributed by atoms with Crippen molar-refractivity contribution in [1.82, 2.24) is 9.88 Å². The molecule has 0 saturated carbocycles. The third kappa shape index (κ3) is 2.98. The lowest BCUT2D eigenvalue weighted by Gasteiger charge is -2.20. The molecule has 2 heterocycles. The average molecular weight is 418 g/mol. The Hall–Kier alpha value is -3.45. The maximum absolute atomic E-state index is 13.2. The summed E-state index contributed by atoms with van der Waals surface area (Å²) in [6, 6.07) is 19.0. The van der Waals surface area contributed by atoms with Crippen LogP contribution >= 0.6 is 0 Å². The lowest BCUT2D eigenvalue weighted by molar-refractivity contribution is 0.0754. The molecule has 0 spiro atoms. The molecule has 4 aromatic rings. The molecule has 1 aliphatic heterocycles. The first kappa shape index (κ1) is 18.6. The number of sulfone groups is 1. The fourth-order valence-corrected chi connectivity index (χ4v) is 5.47. The van der Waals surface area contributed by atoms with E-state index in [1.165, 1.54) is 4.90 Å². The molecule has 0 unspecified atom stereocenters. The Balaban J connectivity index is 1.57. The summed E-state index contributed by atoms with van der Waals surface area (Å²) < 4.78 is 25.1. The highest BCUT2D eigenvalue weighted by Crippen LogP contribution is 2.24. The molecular formula is C23H18N2O4S. The first-order chi connectivity index (χ1) is 14.4. The third-order valence-electron chi connectivity index (χ3n) is 5.54. The SMILES string of the molecule is O=C(c1ccc2[nH]c3ccccc3c(=O)c2c1)N1CCS(=O)(=O)c2ccccc2C1. The van der Waals surface area contributed by atoms with Gasteiger partial charge in [0, 0.05) is 40.5 Å². The number of nitrogens with zero attached hydrogens (tertiary/aromatic N) is 1. The van der Waals surface area contributed by atoms with Gasteiger partial charge in [0.2, 0.25) is 0 Å². The number of aromatic amines is 1. The highest BCUT2D eigenvalue weighted by atomic mass is 32.2. The van der Waals surface area contributed by atoms with Gasteiger partial charge in [0.25, 0.3) is 5.91 Å². The van der Waals surface area contributed by atoms with E-state index in [1.54, 1.807) is 54.6 Å². The van der Waals surface area contributed by atoms with Crippen LogP contribution in [-0.2, 0) is 16.4 Å². The van der Waals surface area contributed by atoms with Crippen LogP contribution in [0.25, 0.3) is 21.8 Å². The summed E-state index contributed by atoms with van der Waals surface area (Å²) in [5.41, 5.74) is 2.22. The van der Waals surface area contributed by atoms with Crippen LogP contribution in [0.1, 0.15) is 15.9 Å². The average Bonchev–Trinajstić information content (AvgIpc) is 2.89. The van der Waals surface area contributed by atoms with Crippen molar-refractivity contribution in [3.63, 3.8) is 0 Å². The maximum atomic E-state index is 13.2. The van der Waals surface area contributed by atoms with E-state index in [4.69, 9.17) is 0 Å². The number of carbonyl (C=O) groups excluding carboxylic acids is 1. The first-order valence-electron chi connectivity index (χ1n) is 9.59. The zero-order chi connectivity index (χ0) is 20.9. The number of hydrogen-bond donors (Lipinski definition) is 1. The molecule has 1 N–H and O–H groups in total. The number of rotatable bonds is 1. The molecule has 1 aromatic heterocycles. The minimum absolute atomic E-state index is 0.0992. The normalized spacial score (nSPS) is 15.7. The Morgan fingerprint density at radius 3 is 2.50 bits per heavy atom. The molecule has 0 atom stereocenters. The van der Waals surface area contributed by atoms with Gasteiger partial charge in [0.1, 0.15) is 0 Å². The fraction of sp³-hybridized carbons (Fsp3) is 0.130. The van der Waals surface area contributed by atoms with Gasteiger partial charge in [-0.15, -0.1) is 0 Å². The van der Waals surface area contributed by atoms with Crippen LogP contribution in [0.15, 0.2) is 76.4 Å². The second-order valence-corrected chi connectivity index (χ2v) is 9.49. The maximum Gasteiger partial charge on any atom is 0.254 e. The molecule has 5 rings (SSSR count). The van der Waals surface area contributed by atoms with Crippen LogP contribution in [0, 0.1) is 0 Å². The quantitative estimate of drug-likeness (QED) is 0.481. The highest BCUT2D eigenvalue weighted by molar-refractivity contribution is 7.91. The van der Waals surface area contributed by atoms with E-state index in [-0.39, 0.29) is 35.1 Å². The lowest BCUT2D eigenvalue weighted by atomic mass is 10.1. The van der Waals surface area contributed by atoms with Crippen molar-refractivity contribution in [2.75, 3.05) is 12.3 Å². The van der Waals surface area contributed by atoms with Gasteiger partial charge < -0.3 is 9.88 Å². The first-order valence-corrected chi connectivity index (χ1v) is 11.2. The van der Waals surface area contributed by atoms with Gasteiger partial charge in [0.15, 0.2) is 15.3 Å². The van der Waals surface area contributed by atoms with Crippen LogP contribution < -0.4 is 5.43 Å². The molecule has 150 valence electrons. The molecule has 30 heavy (non-hydrogen) atoms. The molecule has 0 bridgehead atoms. The number of aromatic nitrogens is 1. The van der Waals surface area contributed by atoms with Gasteiger partial charge in [-0.25, -0.2) is 8.42 Å². The molecule has 0 radical (unpaired) electrons. The number of fused-ring (bicyclic) bond motifs is 3. The van der Waals surface area contributed by atoms with E-state index in [0.717, 1.165) is 5.52 Å². The summed E-state index contributed by atoms with van der Waals surface area (Å²) in [4.78, 5) is 31.2. The number of benzene rings is 3. The second kappa shape index (κ2) is 6.81. The fourth-order valence-electron chi connectivity index (χ4n) is 3.97. The van der Waals surface area contributed by atoms with E-state index in [0.29, 0.717) is 27.4 Å². The van der Waals surface area contributed by atoms with Crippen molar-refractivity contribution in [2.45, 2.75) is 11.4 Å². The van der Waals surface area contributed by atoms with Crippen LogP contribution in [-0.4, -0.2) is 36.5 Å². The van der Waals surface area contributed by atoms with Crippen molar-refractivity contribution < 1.29 is 13.2 Å². The van der Waals surface area contributed by atoms with Crippen molar-refractivity contribution in [2.24, 2.45) is 0 Å². The predicted octanol–water partition coefficient (Wildman–Crippen LogP) is 3.11. The van der Waals surface area contributed by atoms with E-state index < -0.39 is 9.84 Å². The summed E-state index contributed by atoms with van der Waals surface area (Å²) in [7, 11) is -3.44. The Morgan fingerprint density at radius 1 is 0.900 bits per heavy atom. The van der Waals surface area contributed by atoms with Crippen LogP contribution in [0.5, 0.6) is 0 Å². The van der Waals surface area contributed by atoms with Crippen LogP contribution in [0.4, 0.5) is 0 Å². The number of nitrogens with one attached hydrogen (secondary N) is 1. The summed E-state index contributed by atoms with van der Waals surface area (Å²) in [5.74, 6) is -0.425. The van der Waals surface area contributed by atoms with E-state index in [1.807, 2.05) is 12.1 Å². The summed E-state index contributed by atoms with van der Waals surface area (Å²) in [6.07, 6.45) is 0. The van der Waals surface area contributed by atoms with Crippen LogP contribution in [0.3, 0.4) is 0 Å². The molecule has 0 saturated heterocycles. The Bertz CT molecular complexity index is 1490. The largest absolute Gasteiger partial charge is 0.354 e. The van der Waals surface area contributed by atoms with Gasteiger partial charge >= 0.3 is 0 Å². The van der Waals surface area contributed by atoms with Crippen molar-refractivity contribution >= 4 is 37.6 Å². The van der Waals surface area contributed by atoms with Crippen molar-refractivity contribution in [3.8, 4) is 0 Å². The van der Waals surface area contributed by atoms with Gasteiger partial charge in [-0.1, -0.05) is 30.3 Å². The van der Waals surface area contributed by atoms with Gasteiger partial charge in [0.05, 0.1) is 10.6 Å². The van der Waals surface area contributed by atoms with Gasteiger partial charge in [-0.05, 0) is 42.0 Å². The Morgan fingerprint density at radius 2 is 1.63 bits per heavy atom. The molecule has 3 aromatic carbocycles. The molecule has 1 aliphatic rings. The Labute approximate surface area is 172 Å². The number of amides is 1. The summed E-state index contributed by atoms with van der Waals surface area (Å²) in [5, 5.41) is 0.992. The van der Waals surface area contributed by atoms with Gasteiger partial charge in [-0.3, -0.25) is 9.59 Å². The molecule has 7 heteroatoms. The van der Waals surface area contributed by atoms with Crippen molar-refractivity contribution in [1.29, 1.82) is 0 Å². The standard InChI is InChI=1S/C23H18N2O4S/c26-22-17-6-2-3-7-19(17)24-20-10-9-15(13-18(20)22)23(27)25-11-12-30(28,29)21-8-4-1-5-16(21)14-25/h1-10,13H,11-12,14H2,(H,24,26). The number of hydrogen-bond acceptors (Lipinski definition) is 4. The molecule has 1 amide bonds. The minimum Gasteiger partial charge on any atom is -0.354 e. The zero-order valence-electron chi connectivity index (χ0n) is 16.0. The lowest BCUT2D eigenvalue weighted by Crippen LogP contribution is -2.32. The zero-order valence-corrected chi connectivity index (χ0v) is 16.8. The minimum atomic E-state index is -3.44. The molecule has 6 nitrogen and oxygen atoms in total. The number of carbonyl (C=O) groups is 1. The summed E-state index contributed by atoms with van der Waals surface area (Å²) in [6.45, 7) is 0.308.